The number of benzene rings is 3. The lowest BCUT2D eigenvalue weighted by Crippen LogP contribution is -2.34. The van der Waals surface area contributed by atoms with Crippen LogP contribution in [-0.2, 0) is 40.5 Å². The molecule has 0 aliphatic heterocycles. The first-order valence-electron chi connectivity index (χ1n) is 14.9. The Bertz CT molecular complexity index is 1480. The van der Waals surface area contributed by atoms with E-state index in [1.165, 1.54) is 6.42 Å². The highest BCUT2D eigenvalue weighted by molar-refractivity contribution is 6.31. The average Bonchev–Trinajstić information content (AvgIpc) is 3.45. The van der Waals surface area contributed by atoms with Gasteiger partial charge in [0.25, 0.3) is 0 Å². The van der Waals surface area contributed by atoms with Gasteiger partial charge in [-0.05, 0) is 92.3 Å². The fourth-order valence-electron chi connectivity index (χ4n) is 5.47. The summed E-state index contributed by atoms with van der Waals surface area (Å²) in [5.74, 6) is 0.412. The molecule has 8 heteroatoms. The van der Waals surface area contributed by atoms with Crippen LogP contribution in [0.4, 0.5) is 0 Å². The molecule has 1 fully saturated rings. The second-order valence-corrected chi connectivity index (χ2v) is 12.2. The molecule has 1 unspecified atom stereocenters. The molecule has 0 amide bonds. The largest absolute Gasteiger partial charge is 0.497 e. The number of carbonyl (C=O) groups excluding carboxylic acids is 1. The summed E-state index contributed by atoms with van der Waals surface area (Å²) in [6, 6.07) is 24.0. The summed E-state index contributed by atoms with van der Waals surface area (Å²) >= 11 is 6.63. The van der Waals surface area contributed by atoms with Gasteiger partial charge in [0.15, 0.2) is 0 Å². The summed E-state index contributed by atoms with van der Waals surface area (Å²) in [5.41, 5.74) is 4.01. The molecule has 7 nitrogen and oxygen atoms in total. The number of aromatic nitrogens is 3. The van der Waals surface area contributed by atoms with Crippen molar-refractivity contribution in [3.63, 3.8) is 0 Å². The van der Waals surface area contributed by atoms with Crippen LogP contribution < -0.4 is 4.74 Å². The van der Waals surface area contributed by atoms with Crippen molar-refractivity contribution in [2.45, 2.75) is 77.7 Å². The Kier molecular flexibility index (Phi) is 10.2. The minimum atomic E-state index is -0.812. The van der Waals surface area contributed by atoms with Crippen molar-refractivity contribution in [3.8, 4) is 5.75 Å². The molecular weight excluding hydrogens is 562 g/mol. The van der Waals surface area contributed by atoms with Crippen molar-refractivity contribution in [1.82, 2.24) is 15.0 Å². The van der Waals surface area contributed by atoms with Crippen LogP contribution in [0.3, 0.4) is 0 Å². The molecule has 5 rings (SSSR count). The third-order valence-corrected chi connectivity index (χ3v) is 8.83. The quantitative estimate of drug-likeness (QED) is 0.137. The zero-order valence-corrected chi connectivity index (χ0v) is 25.9. The summed E-state index contributed by atoms with van der Waals surface area (Å²) in [5, 5.41) is 9.45. The summed E-state index contributed by atoms with van der Waals surface area (Å²) in [6.07, 6.45) is 6.99. The van der Waals surface area contributed by atoms with Crippen LogP contribution >= 0.6 is 11.6 Å². The highest BCUT2D eigenvalue weighted by Gasteiger charge is 2.39. The van der Waals surface area contributed by atoms with Crippen LogP contribution in [-0.4, -0.2) is 28.1 Å². The predicted molar refractivity (Wildman–Crippen MR) is 167 cm³/mol. The second-order valence-electron chi connectivity index (χ2n) is 11.8. The van der Waals surface area contributed by atoms with Crippen LogP contribution in [0, 0.1) is 5.41 Å². The Morgan fingerprint density at radius 1 is 1.00 bits per heavy atom. The lowest BCUT2D eigenvalue weighted by Gasteiger charge is -2.33. The van der Waals surface area contributed by atoms with Crippen LogP contribution in [0.15, 0.2) is 79.0 Å². The number of aryl methyl sites for hydroxylation is 1. The number of hydrogen-bond donors (Lipinski definition) is 0. The number of esters is 1. The minimum absolute atomic E-state index is 0.151. The standard InChI is InChI=1S/C35H40ClN3O4/c1-35(2,34(40)43-23-25-8-5-4-6-9-25)32(18-15-29-21-39(38-37-29)30-10-7-11-30)27-14-19-33(36)28(20-27)24-42-22-26-12-16-31(41-3)17-13-26/h4-6,8-9,12-14,16-17,19-21,30,32H,7,10-11,15,18,22-24H2,1-3H3. The molecule has 0 saturated heterocycles. The summed E-state index contributed by atoms with van der Waals surface area (Å²) in [7, 11) is 1.65. The van der Waals surface area contributed by atoms with Crippen LogP contribution in [0.25, 0.3) is 0 Å². The second kappa shape index (κ2) is 14.2. The van der Waals surface area contributed by atoms with E-state index < -0.39 is 5.41 Å². The monoisotopic (exact) mass is 601 g/mol. The highest BCUT2D eigenvalue weighted by Crippen LogP contribution is 2.41. The summed E-state index contributed by atoms with van der Waals surface area (Å²) < 4.78 is 19.1. The van der Waals surface area contributed by atoms with Crippen molar-refractivity contribution < 1.29 is 19.0 Å². The first-order chi connectivity index (χ1) is 20.8. The molecule has 3 aromatic carbocycles. The third kappa shape index (κ3) is 7.84. The molecule has 0 bridgehead atoms. The van der Waals surface area contributed by atoms with Crippen LogP contribution in [0.2, 0.25) is 5.02 Å². The fraction of sp³-hybridized carbons (Fsp3) is 0.400. The van der Waals surface area contributed by atoms with Gasteiger partial charge in [-0.1, -0.05) is 71.4 Å². The van der Waals surface area contributed by atoms with Gasteiger partial charge < -0.3 is 14.2 Å². The smallest absolute Gasteiger partial charge is 0.312 e. The van der Waals surface area contributed by atoms with Gasteiger partial charge in [-0.3, -0.25) is 4.79 Å². The van der Waals surface area contributed by atoms with Crippen molar-refractivity contribution in [1.29, 1.82) is 0 Å². The van der Waals surface area contributed by atoms with Gasteiger partial charge in [0.1, 0.15) is 12.4 Å². The maximum absolute atomic E-state index is 13.6. The number of rotatable bonds is 14. The molecule has 1 atom stereocenters. The number of nitrogens with zero attached hydrogens (tertiary/aromatic N) is 3. The van der Waals surface area contributed by atoms with E-state index in [1.807, 2.05) is 85.3 Å². The molecule has 4 aromatic rings. The Hall–Kier alpha value is -3.68. The zero-order chi connectivity index (χ0) is 30.2. The molecule has 0 N–H and O–H groups in total. The van der Waals surface area contributed by atoms with E-state index >= 15 is 0 Å². The van der Waals surface area contributed by atoms with Gasteiger partial charge in [-0.2, -0.15) is 0 Å². The van der Waals surface area contributed by atoms with Gasteiger partial charge in [-0.25, -0.2) is 4.68 Å². The van der Waals surface area contributed by atoms with E-state index in [4.69, 9.17) is 25.8 Å². The lowest BCUT2D eigenvalue weighted by atomic mass is 9.72. The first kappa shape index (κ1) is 30.8. The van der Waals surface area contributed by atoms with Crippen molar-refractivity contribution in [2.75, 3.05) is 7.11 Å². The number of hydrogen-bond acceptors (Lipinski definition) is 6. The van der Waals surface area contributed by atoms with Crippen molar-refractivity contribution >= 4 is 17.6 Å². The van der Waals surface area contributed by atoms with Crippen LogP contribution in [0.1, 0.15) is 79.4 Å². The Morgan fingerprint density at radius 2 is 1.74 bits per heavy atom. The molecular formula is C35H40ClN3O4. The molecule has 1 heterocycles. The van der Waals surface area contributed by atoms with Gasteiger partial charge in [0.05, 0.1) is 37.5 Å². The number of ether oxygens (including phenoxy) is 3. The Labute approximate surface area is 259 Å². The maximum atomic E-state index is 13.6. The van der Waals surface area contributed by atoms with E-state index in [2.05, 4.69) is 22.6 Å². The summed E-state index contributed by atoms with van der Waals surface area (Å²) in [6.45, 7) is 4.95. The lowest BCUT2D eigenvalue weighted by molar-refractivity contribution is -0.156. The molecule has 43 heavy (non-hydrogen) atoms. The molecule has 1 saturated carbocycles. The van der Waals surface area contributed by atoms with E-state index in [9.17, 15) is 4.79 Å². The van der Waals surface area contributed by atoms with Gasteiger partial charge in [0, 0.05) is 11.2 Å². The van der Waals surface area contributed by atoms with Crippen molar-refractivity contribution in [3.05, 3.63) is 112 Å². The highest BCUT2D eigenvalue weighted by atomic mass is 35.5. The van der Waals surface area contributed by atoms with E-state index in [-0.39, 0.29) is 18.5 Å². The Balaban J connectivity index is 1.32. The molecule has 1 aromatic heterocycles. The normalized spacial score (nSPS) is 14.2. The van der Waals surface area contributed by atoms with E-state index in [1.54, 1.807) is 7.11 Å². The number of halogens is 1. The molecule has 0 radical (unpaired) electrons. The van der Waals surface area contributed by atoms with Gasteiger partial charge in [0.2, 0.25) is 0 Å². The molecule has 1 aliphatic rings. The number of carbonyl (C=O) groups is 1. The summed E-state index contributed by atoms with van der Waals surface area (Å²) in [4.78, 5) is 13.6. The van der Waals surface area contributed by atoms with Crippen molar-refractivity contribution in [2.24, 2.45) is 5.41 Å². The molecule has 1 aliphatic carbocycles. The zero-order valence-electron chi connectivity index (χ0n) is 25.2. The SMILES string of the molecule is COc1ccc(COCc2cc(C(CCc3cn(C4CCC4)nn3)C(C)(C)C(=O)OCc3ccccc3)ccc2Cl)cc1. The van der Waals surface area contributed by atoms with E-state index in [0.717, 1.165) is 46.5 Å². The predicted octanol–water partition coefficient (Wildman–Crippen LogP) is 7.87. The van der Waals surface area contributed by atoms with Gasteiger partial charge in [-0.15, -0.1) is 5.10 Å². The molecule has 0 spiro atoms. The fourth-order valence-corrected chi connectivity index (χ4v) is 5.64. The Morgan fingerprint density at radius 3 is 2.44 bits per heavy atom. The number of methoxy groups -OCH3 is 1. The third-order valence-electron chi connectivity index (χ3n) is 8.46. The minimum Gasteiger partial charge on any atom is -0.497 e. The van der Waals surface area contributed by atoms with Crippen LogP contribution in [0.5, 0.6) is 5.75 Å². The average molecular weight is 602 g/mol. The maximum Gasteiger partial charge on any atom is 0.312 e. The first-order valence-corrected chi connectivity index (χ1v) is 15.3. The molecule has 226 valence electrons. The van der Waals surface area contributed by atoms with E-state index in [0.29, 0.717) is 37.1 Å². The topological polar surface area (TPSA) is 75.5 Å². The van der Waals surface area contributed by atoms with Gasteiger partial charge >= 0.3 is 5.97 Å².